The van der Waals surface area contributed by atoms with Crippen LogP contribution in [0.3, 0.4) is 0 Å². The van der Waals surface area contributed by atoms with Gasteiger partial charge in [-0.3, -0.25) is 5.32 Å². The van der Waals surface area contributed by atoms with Gasteiger partial charge in [0.1, 0.15) is 6.23 Å². The Hall–Kier alpha value is -0.120. The third-order valence-electron chi connectivity index (χ3n) is 1.85. The number of unbranched alkanes of at least 4 members (excludes halogenated alkanes) is 3. The molecule has 0 aromatic carbocycles. The van der Waals surface area contributed by atoms with Gasteiger partial charge in [-0.25, -0.2) is 0 Å². The van der Waals surface area contributed by atoms with Crippen molar-refractivity contribution in [2.75, 3.05) is 13.1 Å². The molecular weight excluding hydrogens is 152 g/mol. The Bertz CT molecular complexity index is 88.6. The van der Waals surface area contributed by atoms with E-state index in [9.17, 15) is 5.11 Å². The van der Waals surface area contributed by atoms with Crippen LogP contribution in [0.2, 0.25) is 0 Å². The van der Waals surface area contributed by atoms with Crippen molar-refractivity contribution < 1.29 is 5.11 Å². The zero-order valence-electron chi connectivity index (χ0n) is 8.05. The monoisotopic (exact) mass is 174 g/mol. The fourth-order valence-corrected chi connectivity index (χ4v) is 1.08. The van der Waals surface area contributed by atoms with Gasteiger partial charge in [-0.1, -0.05) is 26.2 Å². The van der Waals surface area contributed by atoms with E-state index in [2.05, 4.69) is 12.2 Å². The molecule has 3 heteroatoms. The van der Waals surface area contributed by atoms with E-state index in [4.69, 9.17) is 5.73 Å². The van der Waals surface area contributed by atoms with Gasteiger partial charge in [0, 0.05) is 0 Å². The smallest absolute Gasteiger partial charge is 0.106 e. The summed E-state index contributed by atoms with van der Waals surface area (Å²) in [4.78, 5) is 0. The van der Waals surface area contributed by atoms with Gasteiger partial charge in [0.05, 0.1) is 0 Å². The average molecular weight is 174 g/mol. The fourth-order valence-electron chi connectivity index (χ4n) is 1.08. The van der Waals surface area contributed by atoms with E-state index < -0.39 is 6.23 Å². The molecule has 0 amide bonds. The Kier molecular flexibility index (Phi) is 8.88. The summed E-state index contributed by atoms with van der Waals surface area (Å²) in [5, 5.41) is 12.2. The summed E-state index contributed by atoms with van der Waals surface area (Å²) in [6, 6.07) is 0. The Labute approximate surface area is 75.3 Å². The molecule has 0 aromatic heterocycles. The SMILES string of the molecule is CCCCCCNC(O)CCN. The van der Waals surface area contributed by atoms with Crippen LogP contribution in [0.1, 0.15) is 39.0 Å². The lowest BCUT2D eigenvalue weighted by atomic mass is 10.2. The Morgan fingerprint density at radius 2 is 2.08 bits per heavy atom. The van der Waals surface area contributed by atoms with Gasteiger partial charge in [0.25, 0.3) is 0 Å². The quantitative estimate of drug-likeness (QED) is 0.377. The van der Waals surface area contributed by atoms with Gasteiger partial charge in [0.15, 0.2) is 0 Å². The van der Waals surface area contributed by atoms with Crippen LogP contribution in [0.4, 0.5) is 0 Å². The van der Waals surface area contributed by atoms with Crippen molar-refractivity contribution in [3.05, 3.63) is 0 Å². The van der Waals surface area contributed by atoms with E-state index in [0.717, 1.165) is 13.0 Å². The maximum Gasteiger partial charge on any atom is 0.106 e. The number of aliphatic hydroxyl groups is 1. The molecular formula is C9H22N2O. The second-order valence-corrected chi connectivity index (χ2v) is 3.11. The molecule has 0 fully saturated rings. The first-order valence-electron chi connectivity index (χ1n) is 4.92. The van der Waals surface area contributed by atoms with E-state index in [1.807, 2.05) is 0 Å². The van der Waals surface area contributed by atoms with E-state index in [-0.39, 0.29) is 0 Å². The molecule has 1 unspecified atom stereocenters. The van der Waals surface area contributed by atoms with Crippen LogP contribution in [-0.4, -0.2) is 24.4 Å². The molecule has 0 radical (unpaired) electrons. The molecule has 0 aromatic rings. The van der Waals surface area contributed by atoms with Gasteiger partial charge in [-0.2, -0.15) is 0 Å². The highest BCUT2D eigenvalue weighted by atomic mass is 16.3. The molecule has 12 heavy (non-hydrogen) atoms. The second kappa shape index (κ2) is 8.97. The predicted molar refractivity (Wildman–Crippen MR) is 51.8 cm³/mol. The number of rotatable bonds is 8. The predicted octanol–water partition coefficient (Wildman–Crippen LogP) is 0.823. The lowest BCUT2D eigenvalue weighted by Gasteiger charge is -2.10. The minimum atomic E-state index is -0.406. The number of aliphatic hydroxyl groups excluding tert-OH is 1. The highest BCUT2D eigenvalue weighted by Gasteiger charge is 1.99. The van der Waals surface area contributed by atoms with E-state index in [1.54, 1.807) is 0 Å². The number of hydrogen-bond donors (Lipinski definition) is 3. The molecule has 0 rings (SSSR count). The summed E-state index contributed by atoms with van der Waals surface area (Å²) in [6.07, 6.45) is 5.18. The van der Waals surface area contributed by atoms with E-state index in [0.29, 0.717) is 13.0 Å². The lowest BCUT2D eigenvalue weighted by molar-refractivity contribution is 0.130. The Morgan fingerprint density at radius 1 is 1.33 bits per heavy atom. The standard InChI is InChI=1S/C9H22N2O/c1-2-3-4-5-8-11-9(12)6-7-10/h9,11-12H,2-8,10H2,1H3. The third-order valence-corrected chi connectivity index (χ3v) is 1.85. The van der Waals surface area contributed by atoms with Gasteiger partial charge in [-0.05, 0) is 25.9 Å². The Balaban J connectivity index is 2.97. The van der Waals surface area contributed by atoms with Gasteiger partial charge < -0.3 is 10.8 Å². The first kappa shape index (κ1) is 11.9. The molecule has 74 valence electrons. The Morgan fingerprint density at radius 3 is 2.67 bits per heavy atom. The van der Waals surface area contributed by atoms with Gasteiger partial charge >= 0.3 is 0 Å². The summed E-state index contributed by atoms with van der Waals surface area (Å²) < 4.78 is 0. The summed E-state index contributed by atoms with van der Waals surface area (Å²) in [5.41, 5.74) is 5.28. The molecule has 0 saturated carbocycles. The van der Waals surface area contributed by atoms with Crippen molar-refractivity contribution in [1.29, 1.82) is 0 Å². The second-order valence-electron chi connectivity index (χ2n) is 3.11. The van der Waals surface area contributed by atoms with Gasteiger partial charge in [-0.15, -0.1) is 0 Å². The van der Waals surface area contributed by atoms with Crippen LogP contribution in [0.5, 0.6) is 0 Å². The van der Waals surface area contributed by atoms with Crippen molar-refractivity contribution in [1.82, 2.24) is 5.32 Å². The molecule has 0 spiro atoms. The molecule has 0 aliphatic rings. The van der Waals surface area contributed by atoms with Crippen LogP contribution >= 0.6 is 0 Å². The first-order chi connectivity index (χ1) is 5.81. The molecule has 1 atom stereocenters. The van der Waals surface area contributed by atoms with E-state index in [1.165, 1.54) is 19.3 Å². The number of nitrogens with one attached hydrogen (secondary N) is 1. The average Bonchev–Trinajstić information content (AvgIpc) is 2.05. The maximum absolute atomic E-state index is 9.21. The minimum absolute atomic E-state index is 0.406. The lowest BCUT2D eigenvalue weighted by Crippen LogP contribution is -2.31. The van der Waals surface area contributed by atoms with Crippen LogP contribution in [0.15, 0.2) is 0 Å². The fraction of sp³-hybridized carbons (Fsp3) is 1.00. The molecule has 0 aliphatic heterocycles. The molecule has 0 heterocycles. The molecule has 0 saturated heterocycles. The highest BCUT2D eigenvalue weighted by Crippen LogP contribution is 1.97. The zero-order chi connectivity index (χ0) is 9.23. The largest absolute Gasteiger partial charge is 0.379 e. The maximum atomic E-state index is 9.21. The van der Waals surface area contributed by atoms with Crippen LogP contribution in [-0.2, 0) is 0 Å². The minimum Gasteiger partial charge on any atom is -0.379 e. The summed E-state index contributed by atoms with van der Waals surface area (Å²) in [6.45, 7) is 3.64. The van der Waals surface area contributed by atoms with Crippen LogP contribution < -0.4 is 11.1 Å². The summed E-state index contributed by atoms with van der Waals surface area (Å²) >= 11 is 0. The first-order valence-corrected chi connectivity index (χ1v) is 4.92. The molecule has 4 N–H and O–H groups in total. The molecule has 0 bridgehead atoms. The third kappa shape index (κ3) is 7.98. The number of hydrogen-bond acceptors (Lipinski definition) is 3. The molecule has 0 aliphatic carbocycles. The van der Waals surface area contributed by atoms with Crippen molar-refractivity contribution >= 4 is 0 Å². The van der Waals surface area contributed by atoms with Crippen LogP contribution in [0, 0.1) is 0 Å². The van der Waals surface area contributed by atoms with Crippen molar-refractivity contribution in [2.45, 2.75) is 45.3 Å². The normalized spacial score (nSPS) is 13.2. The van der Waals surface area contributed by atoms with Crippen LogP contribution in [0.25, 0.3) is 0 Å². The highest BCUT2D eigenvalue weighted by molar-refractivity contribution is 4.54. The summed E-state index contributed by atoms with van der Waals surface area (Å²) in [7, 11) is 0. The van der Waals surface area contributed by atoms with Gasteiger partial charge in [0.2, 0.25) is 0 Å². The summed E-state index contributed by atoms with van der Waals surface area (Å²) in [5.74, 6) is 0. The van der Waals surface area contributed by atoms with Crippen molar-refractivity contribution in [3.63, 3.8) is 0 Å². The number of nitrogens with two attached hydrogens (primary N) is 1. The zero-order valence-corrected chi connectivity index (χ0v) is 8.05. The topological polar surface area (TPSA) is 58.3 Å². The van der Waals surface area contributed by atoms with Crippen molar-refractivity contribution in [3.8, 4) is 0 Å². The van der Waals surface area contributed by atoms with Crippen molar-refractivity contribution in [2.24, 2.45) is 5.73 Å². The molecule has 3 nitrogen and oxygen atoms in total. The van der Waals surface area contributed by atoms with E-state index >= 15 is 0 Å².